The number of hydrogen-bond acceptors (Lipinski definition) is 2. The number of H-pyrrole nitrogens is 1. The van der Waals surface area contributed by atoms with Gasteiger partial charge in [-0.3, -0.25) is 4.79 Å². The largest absolute Gasteiger partial charge is 0.345 e. The first-order chi connectivity index (χ1) is 6.65. The minimum atomic E-state index is 0.173. The van der Waals surface area contributed by atoms with Crippen LogP contribution in [0.15, 0.2) is 0 Å². The molecule has 2 rings (SSSR count). The molecule has 1 saturated carbocycles. The van der Waals surface area contributed by atoms with Crippen molar-refractivity contribution >= 4 is 6.29 Å². The Kier molecular flexibility index (Phi) is 2.17. The molecular weight excluding hydrogens is 176 g/mol. The molecule has 1 N–H and O–H groups in total. The predicted molar refractivity (Wildman–Crippen MR) is 54.5 cm³/mol. The Bertz CT molecular complexity index is 348. The van der Waals surface area contributed by atoms with Crippen molar-refractivity contribution in [1.29, 1.82) is 0 Å². The molecule has 1 aliphatic rings. The normalized spacial score (nSPS) is 19.9. The highest BCUT2D eigenvalue weighted by Crippen LogP contribution is 2.39. The van der Waals surface area contributed by atoms with E-state index in [0.29, 0.717) is 5.69 Å². The number of aromatic nitrogens is 2. The van der Waals surface area contributed by atoms with Crippen molar-refractivity contribution < 1.29 is 4.79 Å². The van der Waals surface area contributed by atoms with Gasteiger partial charge >= 0.3 is 0 Å². The maximum absolute atomic E-state index is 10.7. The number of aryl methyl sites for hydroxylation is 1. The van der Waals surface area contributed by atoms with Gasteiger partial charge < -0.3 is 4.98 Å². The first kappa shape index (κ1) is 9.44. The molecule has 14 heavy (non-hydrogen) atoms. The number of hydrogen-bond donors (Lipinski definition) is 1. The molecule has 76 valence electrons. The highest BCUT2D eigenvalue weighted by molar-refractivity contribution is 5.73. The van der Waals surface area contributed by atoms with E-state index in [2.05, 4.69) is 16.9 Å². The van der Waals surface area contributed by atoms with Gasteiger partial charge in [-0.25, -0.2) is 4.98 Å². The summed E-state index contributed by atoms with van der Waals surface area (Å²) in [5.41, 5.74) is 1.63. The Morgan fingerprint density at radius 1 is 1.43 bits per heavy atom. The van der Waals surface area contributed by atoms with Crippen molar-refractivity contribution in [2.24, 2.45) is 0 Å². The van der Waals surface area contributed by atoms with E-state index >= 15 is 0 Å². The van der Waals surface area contributed by atoms with Gasteiger partial charge in [0, 0.05) is 11.1 Å². The zero-order valence-corrected chi connectivity index (χ0v) is 8.76. The van der Waals surface area contributed by atoms with Crippen LogP contribution in [-0.4, -0.2) is 16.3 Å². The van der Waals surface area contributed by atoms with Crippen LogP contribution in [0, 0.1) is 6.92 Å². The fourth-order valence-electron chi connectivity index (χ4n) is 2.27. The number of aromatic amines is 1. The van der Waals surface area contributed by atoms with Crippen molar-refractivity contribution in [2.45, 2.75) is 44.9 Å². The molecule has 0 radical (unpaired) electrons. The minimum Gasteiger partial charge on any atom is -0.345 e. The molecule has 0 amide bonds. The van der Waals surface area contributed by atoms with Crippen molar-refractivity contribution in [1.82, 2.24) is 9.97 Å². The molecule has 0 atom stereocenters. The first-order valence-corrected chi connectivity index (χ1v) is 5.18. The lowest BCUT2D eigenvalue weighted by molar-refractivity contribution is 0.111. The molecule has 0 aromatic carbocycles. The van der Waals surface area contributed by atoms with Crippen LogP contribution in [0.3, 0.4) is 0 Å². The number of nitrogens with one attached hydrogen (secondary N) is 1. The Morgan fingerprint density at radius 3 is 2.57 bits per heavy atom. The lowest BCUT2D eigenvalue weighted by Crippen LogP contribution is -2.18. The van der Waals surface area contributed by atoms with E-state index in [1.54, 1.807) is 0 Å². The standard InChI is InChI=1S/C11H16N2O/c1-8-9(7-14)13-10(12-8)11(2)5-3-4-6-11/h7H,3-6H2,1-2H3,(H,12,13). The second-order valence-corrected chi connectivity index (χ2v) is 4.48. The molecule has 1 aromatic rings. The van der Waals surface area contributed by atoms with Gasteiger partial charge in [0.05, 0.1) is 0 Å². The number of rotatable bonds is 2. The van der Waals surface area contributed by atoms with Gasteiger partial charge in [0.2, 0.25) is 0 Å². The lowest BCUT2D eigenvalue weighted by atomic mass is 9.88. The van der Waals surface area contributed by atoms with Crippen molar-refractivity contribution in [3.8, 4) is 0 Å². The number of nitrogens with zero attached hydrogens (tertiary/aromatic N) is 1. The molecule has 1 aliphatic carbocycles. The highest BCUT2D eigenvalue weighted by Gasteiger charge is 2.33. The number of carbonyl (C=O) groups is 1. The van der Waals surface area contributed by atoms with Gasteiger partial charge in [-0.1, -0.05) is 19.8 Å². The zero-order valence-electron chi connectivity index (χ0n) is 8.76. The third-order valence-corrected chi connectivity index (χ3v) is 3.31. The maximum atomic E-state index is 10.7. The lowest BCUT2D eigenvalue weighted by Gasteiger charge is -2.19. The van der Waals surface area contributed by atoms with Gasteiger partial charge in [0.15, 0.2) is 6.29 Å². The van der Waals surface area contributed by atoms with Crippen molar-refractivity contribution in [3.05, 3.63) is 17.2 Å². The second-order valence-electron chi connectivity index (χ2n) is 4.48. The van der Waals surface area contributed by atoms with Gasteiger partial charge in [-0.15, -0.1) is 0 Å². The van der Waals surface area contributed by atoms with Gasteiger partial charge in [0.25, 0.3) is 0 Å². The van der Waals surface area contributed by atoms with E-state index in [1.165, 1.54) is 25.7 Å². The molecular formula is C11H16N2O. The number of carbonyl (C=O) groups excluding carboxylic acids is 1. The molecule has 3 heteroatoms. The SMILES string of the molecule is Cc1[nH]c(C2(C)CCCC2)nc1C=O. The topological polar surface area (TPSA) is 45.8 Å². The predicted octanol–water partition coefficient (Wildman–Crippen LogP) is 2.36. The van der Waals surface area contributed by atoms with Crippen LogP contribution in [-0.2, 0) is 5.41 Å². The van der Waals surface area contributed by atoms with E-state index < -0.39 is 0 Å². The molecule has 0 unspecified atom stereocenters. The fourth-order valence-corrected chi connectivity index (χ4v) is 2.27. The fraction of sp³-hybridized carbons (Fsp3) is 0.636. The summed E-state index contributed by atoms with van der Waals surface area (Å²) in [6.45, 7) is 4.13. The quantitative estimate of drug-likeness (QED) is 0.731. The van der Waals surface area contributed by atoms with E-state index in [1.807, 2.05) is 6.92 Å². The summed E-state index contributed by atoms with van der Waals surface area (Å²) in [6.07, 6.45) is 5.73. The van der Waals surface area contributed by atoms with Crippen molar-refractivity contribution in [2.75, 3.05) is 0 Å². The minimum absolute atomic E-state index is 0.173. The average Bonchev–Trinajstić information content (AvgIpc) is 2.73. The summed E-state index contributed by atoms with van der Waals surface area (Å²) in [6, 6.07) is 0. The summed E-state index contributed by atoms with van der Waals surface area (Å²) < 4.78 is 0. The van der Waals surface area contributed by atoms with Gasteiger partial charge in [0.1, 0.15) is 11.5 Å². The summed E-state index contributed by atoms with van der Waals surface area (Å²) in [7, 11) is 0. The third kappa shape index (κ3) is 1.37. The van der Waals surface area contributed by atoms with Crippen LogP contribution in [0.1, 0.15) is 54.6 Å². The summed E-state index contributed by atoms with van der Waals surface area (Å²) in [4.78, 5) is 18.3. The molecule has 0 bridgehead atoms. The third-order valence-electron chi connectivity index (χ3n) is 3.31. The van der Waals surface area contributed by atoms with Gasteiger partial charge in [-0.2, -0.15) is 0 Å². The van der Waals surface area contributed by atoms with Crippen LogP contribution < -0.4 is 0 Å². The molecule has 0 saturated heterocycles. The Labute approximate surface area is 83.9 Å². The van der Waals surface area contributed by atoms with Crippen LogP contribution in [0.25, 0.3) is 0 Å². The maximum Gasteiger partial charge on any atom is 0.170 e. The molecule has 1 heterocycles. The Morgan fingerprint density at radius 2 is 2.07 bits per heavy atom. The van der Waals surface area contributed by atoms with Crippen LogP contribution in [0.2, 0.25) is 0 Å². The smallest absolute Gasteiger partial charge is 0.170 e. The molecule has 3 nitrogen and oxygen atoms in total. The number of aldehydes is 1. The molecule has 0 aliphatic heterocycles. The Hall–Kier alpha value is -1.12. The van der Waals surface area contributed by atoms with Gasteiger partial charge in [-0.05, 0) is 19.8 Å². The average molecular weight is 192 g/mol. The van der Waals surface area contributed by atoms with Crippen LogP contribution >= 0.6 is 0 Å². The van der Waals surface area contributed by atoms with Crippen molar-refractivity contribution in [3.63, 3.8) is 0 Å². The Balaban J connectivity index is 2.36. The first-order valence-electron chi connectivity index (χ1n) is 5.18. The molecule has 1 aromatic heterocycles. The second kappa shape index (κ2) is 3.23. The van der Waals surface area contributed by atoms with E-state index in [4.69, 9.17) is 0 Å². The zero-order chi connectivity index (χ0) is 10.2. The van der Waals surface area contributed by atoms with E-state index in [-0.39, 0.29) is 5.41 Å². The van der Waals surface area contributed by atoms with Crippen LogP contribution in [0.5, 0.6) is 0 Å². The summed E-state index contributed by atoms with van der Waals surface area (Å²) in [5, 5.41) is 0. The summed E-state index contributed by atoms with van der Waals surface area (Å²) >= 11 is 0. The van der Waals surface area contributed by atoms with E-state index in [0.717, 1.165) is 17.8 Å². The molecule has 0 spiro atoms. The summed E-state index contributed by atoms with van der Waals surface area (Å²) in [5.74, 6) is 0.995. The number of imidazole rings is 1. The van der Waals surface area contributed by atoms with E-state index in [9.17, 15) is 4.79 Å². The monoisotopic (exact) mass is 192 g/mol. The molecule has 1 fully saturated rings. The highest BCUT2D eigenvalue weighted by atomic mass is 16.1. The van der Waals surface area contributed by atoms with Crippen LogP contribution in [0.4, 0.5) is 0 Å².